The number of aliphatic hydroxyl groups excluding tert-OH is 1. The second kappa shape index (κ2) is 4.58. The zero-order valence-corrected chi connectivity index (χ0v) is 10.1. The zero-order chi connectivity index (χ0) is 10.8. The van der Waals surface area contributed by atoms with Gasteiger partial charge >= 0.3 is 0 Å². The number of rotatable bonds is 3. The van der Waals surface area contributed by atoms with Crippen LogP contribution >= 0.6 is 11.8 Å². The molecule has 1 fully saturated rings. The number of nitrogens with zero attached hydrogens (tertiary/aromatic N) is 2. The smallest absolute Gasteiger partial charge is 0.102 e. The van der Waals surface area contributed by atoms with Crippen LogP contribution in [0.1, 0.15) is 19.0 Å². The van der Waals surface area contributed by atoms with Crippen LogP contribution in [0.25, 0.3) is 0 Å². The SMILES string of the molecule is CC[C@@H]1C(Cc2cncn2C)CSC1O. The van der Waals surface area contributed by atoms with Crippen LogP contribution in [0.4, 0.5) is 0 Å². The van der Waals surface area contributed by atoms with E-state index in [1.54, 1.807) is 11.8 Å². The van der Waals surface area contributed by atoms with Gasteiger partial charge in [-0.05, 0) is 30.4 Å². The van der Waals surface area contributed by atoms with E-state index in [0.717, 1.165) is 18.6 Å². The van der Waals surface area contributed by atoms with Gasteiger partial charge in [-0.3, -0.25) is 0 Å². The summed E-state index contributed by atoms with van der Waals surface area (Å²) in [6, 6.07) is 0. The van der Waals surface area contributed by atoms with Crippen LogP contribution in [-0.4, -0.2) is 25.8 Å². The van der Waals surface area contributed by atoms with E-state index in [4.69, 9.17) is 0 Å². The van der Waals surface area contributed by atoms with Gasteiger partial charge in [0, 0.05) is 18.9 Å². The number of hydrogen-bond acceptors (Lipinski definition) is 3. The topological polar surface area (TPSA) is 38.0 Å². The lowest BCUT2D eigenvalue weighted by Gasteiger charge is -2.19. The van der Waals surface area contributed by atoms with Crippen molar-refractivity contribution in [1.82, 2.24) is 9.55 Å². The molecule has 84 valence electrons. The van der Waals surface area contributed by atoms with Crippen LogP contribution in [0.5, 0.6) is 0 Å². The summed E-state index contributed by atoms with van der Waals surface area (Å²) < 4.78 is 2.07. The lowest BCUT2D eigenvalue weighted by Crippen LogP contribution is -2.20. The third-order valence-corrected chi connectivity index (χ3v) is 4.62. The first kappa shape index (κ1) is 11.0. The number of aryl methyl sites for hydroxylation is 1. The Bertz CT molecular complexity index is 326. The molecule has 1 aliphatic heterocycles. The highest BCUT2D eigenvalue weighted by molar-refractivity contribution is 8.00. The maximum atomic E-state index is 9.80. The molecule has 1 saturated heterocycles. The third-order valence-electron chi connectivity index (χ3n) is 3.31. The second-order valence-corrected chi connectivity index (χ2v) is 5.41. The molecular formula is C11H18N2OS. The van der Waals surface area contributed by atoms with Crippen LogP contribution in [0.15, 0.2) is 12.5 Å². The van der Waals surface area contributed by atoms with Gasteiger partial charge in [0.1, 0.15) is 5.44 Å². The molecule has 0 amide bonds. The predicted molar refractivity (Wildman–Crippen MR) is 62.6 cm³/mol. The lowest BCUT2D eigenvalue weighted by molar-refractivity contribution is 0.163. The average molecular weight is 226 g/mol. The molecule has 3 nitrogen and oxygen atoms in total. The monoisotopic (exact) mass is 226 g/mol. The summed E-state index contributed by atoms with van der Waals surface area (Å²) in [4.78, 5) is 4.13. The number of imidazole rings is 1. The first-order valence-electron chi connectivity index (χ1n) is 5.47. The van der Waals surface area contributed by atoms with E-state index in [-0.39, 0.29) is 5.44 Å². The predicted octanol–water partition coefficient (Wildman–Crippen LogP) is 1.67. The zero-order valence-electron chi connectivity index (χ0n) is 9.26. The fourth-order valence-corrected chi connectivity index (χ4v) is 3.77. The molecule has 3 atom stereocenters. The fourth-order valence-electron chi connectivity index (χ4n) is 2.30. The number of hydrogen-bond donors (Lipinski definition) is 1. The van der Waals surface area contributed by atoms with Gasteiger partial charge in [0.25, 0.3) is 0 Å². The Kier molecular flexibility index (Phi) is 3.36. The summed E-state index contributed by atoms with van der Waals surface area (Å²) >= 11 is 1.69. The van der Waals surface area contributed by atoms with Crippen molar-refractivity contribution in [2.45, 2.75) is 25.2 Å². The largest absolute Gasteiger partial charge is 0.382 e. The van der Waals surface area contributed by atoms with Gasteiger partial charge in [0.05, 0.1) is 6.33 Å². The van der Waals surface area contributed by atoms with Crippen LogP contribution in [0.3, 0.4) is 0 Å². The van der Waals surface area contributed by atoms with Crippen molar-refractivity contribution in [3.8, 4) is 0 Å². The normalized spacial score (nSPS) is 31.0. The van der Waals surface area contributed by atoms with Gasteiger partial charge in [-0.1, -0.05) is 6.92 Å². The van der Waals surface area contributed by atoms with Gasteiger partial charge in [-0.2, -0.15) is 0 Å². The average Bonchev–Trinajstić information content (AvgIpc) is 2.76. The minimum atomic E-state index is -0.159. The van der Waals surface area contributed by atoms with Crippen molar-refractivity contribution in [2.75, 3.05) is 5.75 Å². The molecule has 0 aliphatic carbocycles. The number of aliphatic hydroxyl groups is 1. The molecule has 0 bridgehead atoms. The molecule has 2 unspecified atom stereocenters. The van der Waals surface area contributed by atoms with Crippen molar-refractivity contribution in [1.29, 1.82) is 0 Å². The molecule has 1 aromatic heterocycles. The van der Waals surface area contributed by atoms with E-state index in [9.17, 15) is 5.11 Å². The van der Waals surface area contributed by atoms with E-state index in [1.807, 2.05) is 19.6 Å². The van der Waals surface area contributed by atoms with Gasteiger partial charge in [0.15, 0.2) is 0 Å². The molecule has 0 aromatic carbocycles. The Labute approximate surface area is 94.9 Å². The van der Waals surface area contributed by atoms with Crippen molar-refractivity contribution < 1.29 is 5.11 Å². The highest BCUT2D eigenvalue weighted by atomic mass is 32.2. The molecule has 2 heterocycles. The maximum absolute atomic E-state index is 9.80. The van der Waals surface area contributed by atoms with E-state index < -0.39 is 0 Å². The van der Waals surface area contributed by atoms with Crippen LogP contribution in [0, 0.1) is 11.8 Å². The Morgan fingerprint density at radius 2 is 2.47 bits per heavy atom. The molecule has 1 aliphatic rings. The highest BCUT2D eigenvalue weighted by Crippen LogP contribution is 2.39. The highest BCUT2D eigenvalue weighted by Gasteiger charge is 2.34. The molecular weight excluding hydrogens is 208 g/mol. The van der Waals surface area contributed by atoms with Crippen molar-refractivity contribution in [3.05, 3.63) is 18.2 Å². The Hall–Kier alpha value is -0.480. The Morgan fingerprint density at radius 3 is 3.07 bits per heavy atom. The Balaban J connectivity index is 2.03. The quantitative estimate of drug-likeness (QED) is 0.852. The molecule has 15 heavy (non-hydrogen) atoms. The van der Waals surface area contributed by atoms with Crippen LogP contribution in [-0.2, 0) is 13.5 Å². The summed E-state index contributed by atoms with van der Waals surface area (Å²) in [5.74, 6) is 2.13. The minimum Gasteiger partial charge on any atom is -0.382 e. The van der Waals surface area contributed by atoms with Crippen molar-refractivity contribution in [3.63, 3.8) is 0 Å². The Morgan fingerprint density at radius 1 is 1.67 bits per heavy atom. The summed E-state index contributed by atoms with van der Waals surface area (Å²) in [5.41, 5.74) is 1.11. The van der Waals surface area contributed by atoms with E-state index >= 15 is 0 Å². The molecule has 1 N–H and O–H groups in total. The fraction of sp³-hybridized carbons (Fsp3) is 0.727. The van der Waals surface area contributed by atoms with E-state index in [2.05, 4.69) is 16.5 Å². The molecule has 0 spiro atoms. The summed E-state index contributed by atoms with van der Waals surface area (Å²) in [7, 11) is 2.03. The van der Waals surface area contributed by atoms with Gasteiger partial charge in [-0.15, -0.1) is 11.8 Å². The standard InChI is InChI=1S/C11H18N2OS/c1-3-10-8(6-15-11(10)14)4-9-5-12-7-13(9)2/h5,7-8,10-11,14H,3-4,6H2,1-2H3/t8?,10-,11?/m1/s1. The van der Waals surface area contributed by atoms with E-state index in [0.29, 0.717) is 11.8 Å². The first-order valence-corrected chi connectivity index (χ1v) is 6.52. The summed E-state index contributed by atoms with van der Waals surface area (Å²) in [5, 5.41) is 9.80. The molecule has 0 saturated carbocycles. The van der Waals surface area contributed by atoms with Gasteiger partial charge in [-0.25, -0.2) is 4.98 Å². The number of aromatic nitrogens is 2. The second-order valence-electron chi connectivity index (χ2n) is 4.26. The van der Waals surface area contributed by atoms with Gasteiger partial charge in [0.2, 0.25) is 0 Å². The van der Waals surface area contributed by atoms with Gasteiger partial charge < -0.3 is 9.67 Å². The third kappa shape index (κ3) is 2.21. The molecule has 2 rings (SSSR count). The van der Waals surface area contributed by atoms with Crippen LogP contribution in [0.2, 0.25) is 0 Å². The first-order chi connectivity index (χ1) is 7.22. The maximum Gasteiger partial charge on any atom is 0.102 e. The molecule has 1 aromatic rings. The molecule has 4 heteroatoms. The lowest BCUT2D eigenvalue weighted by atomic mass is 9.89. The minimum absolute atomic E-state index is 0.159. The van der Waals surface area contributed by atoms with Crippen molar-refractivity contribution >= 4 is 11.8 Å². The molecule has 0 radical (unpaired) electrons. The van der Waals surface area contributed by atoms with Crippen LogP contribution < -0.4 is 0 Å². The van der Waals surface area contributed by atoms with E-state index in [1.165, 1.54) is 5.69 Å². The van der Waals surface area contributed by atoms with Crippen molar-refractivity contribution in [2.24, 2.45) is 18.9 Å². The summed E-state index contributed by atoms with van der Waals surface area (Å²) in [6.45, 7) is 2.16. The number of thioether (sulfide) groups is 1. The summed E-state index contributed by atoms with van der Waals surface area (Å²) in [6.07, 6.45) is 5.88.